The van der Waals surface area contributed by atoms with Crippen molar-refractivity contribution in [2.75, 3.05) is 13.2 Å². The van der Waals surface area contributed by atoms with Gasteiger partial charge in [-0.25, -0.2) is 5.10 Å². The van der Waals surface area contributed by atoms with E-state index in [1.54, 1.807) is 24.3 Å². The van der Waals surface area contributed by atoms with E-state index in [1.807, 2.05) is 0 Å². The van der Waals surface area contributed by atoms with Crippen LogP contribution < -0.4 is 10.9 Å². The topological polar surface area (TPSA) is 84.1 Å². The molecule has 0 aliphatic carbocycles. The van der Waals surface area contributed by atoms with Gasteiger partial charge in [0.25, 0.3) is 5.56 Å². The lowest BCUT2D eigenvalue weighted by atomic mass is 10.1. The van der Waals surface area contributed by atoms with Gasteiger partial charge in [0.15, 0.2) is 0 Å². The summed E-state index contributed by atoms with van der Waals surface area (Å²) in [6, 6.07) is 6.12. The molecule has 0 unspecified atom stereocenters. The highest BCUT2D eigenvalue weighted by atomic mass is 19.4. The molecule has 2 rings (SSSR count). The van der Waals surface area contributed by atoms with Gasteiger partial charge in [0, 0.05) is 11.4 Å². The van der Waals surface area contributed by atoms with Gasteiger partial charge in [-0.1, -0.05) is 18.2 Å². The number of aromatic amines is 1. The lowest BCUT2D eigenvalue weighted by molar-refractivity contribution is -0.175. The molecule has 0 spiro atoms. The van der Waals surface area contributed by atoms with E-state index in [2.05, 4.69) is 20.3 Å². The second kappa shape index (κ2) is 7.43. The Morgan fingerprint density at radius 3 is 2.67 bits per heavy atom. The number of benzene rings is 1. The third-order valence-electron chi connectivity index (χ3n) is 3.14. The molecule has 0 bridgehead atoms. The van der Waals surface area contributed by atoms with Gasteiger partial charge >= 0.3 is 6.18 Å². The molecular formula is C15H16F3N3O3. The summed E-state index contributed by atoms with van der Waals surface area (Å²) in [5.41, 5.74) is 0.0230. The van der Waals surface area contributed by atoms with Crippen molar-refractivity contribution < 1.29 is 22.7 Å². The molecule has 2 aromatic rings. The van der Waals surface area contributed by atoms with E-state index in [-0.39, 0.29) is 18.6 Å². The van der Waals surface area contributed by atoms with Gasteiger partial charge in [0.05, 0.1) is 24.1 Å². The summed E-state index contributed by atoms with van der Waals surface area (Å²) in [7, 11) is 0. The number of halogens is 3. The summed E-state index contributed by atoms with van der Waals surface area (Å²) in [6.45, 7) is -0.0863. The van der Waals surface area contributed by atoms with Crippen LogP contribution in [0.25, 0.3) is 10.8 Å². The number of aromatic nitrogens is 2. The third kappa shape index (κ3) is 5.05. The fourth-order valence-electron chi connectivity index (χ4n) is 2.18. The fraction of sp³-hybridized carbons (Fsp3) is 0.400. The van der Waals surface area contributed by atoms with Crippen molar-refractivity contribution in [1.29, 1.82) is 0 Å². The Balaban J connectivity index is 1.96. The molecule has 0 fully saturated rings. The van der Waals surface area contributed by atoms with Crippen LogP contribution >= 0.6 is 0 Å². The summed E-state index contributed by atoms with van der Waals surface area (Å²) in [5.74, 6) is -0.428. The largest absolute Gasteiger partial charge is 0.411 e. The number of hydrogen-bond acceptors (Lipinski definition) is 4. The van der Waals surface area contributed by atoms with E-state index in [0.717, 1.165) is 0 Å². The Bertz CT molecular complexity index is 774. The first-order valence-corrected chi connectivity index (χ1v) is 7.16. The van der Waals surface area contributed by atoms with E-state index < -0.39 is 24.7 Å². The zero-order valence-electron chi connectivity index (χ0n) is 12.8. The zero-order chi connectivity index (χ0) is 17.7. The standard InChI is InChI=1S/C15H16F3N3O3/c1-9(7-24-8-15(16,17)18)19-13(22)6-12-10-4-2-3-5-11(10)14(23)21-20-12/h2-5,9H,6-8H2,1H3,(H,19,22)(H,21,23)/t9-/m0/s1. The Labute approximate surface area is 135 Å². The summed E-state index contributed by atoms with van der Waals surface area (Å²) in [4.78, 5) is 23.7. The fourth-order valence-corrected chi connectivity index (χ4v) is 2.18. The van der Waals surface area contributed by atoms with E-state index in [0.29, 0.717) is 16.5 Å². The van der Waals surface area contributed by atoms with Crippen LogP contribution in [0.15, 0.2) is 29.1 Å². The number of nitrogens with one attached hydrogen (secondary N) is 2. The number of alkyl halides is 3. The van der Waals surface area contributed by atoms with Gasteiger partial charge in [-0.3, -0.25) is 9.59 Å². The molecule has 1 aromatic heterocycles. The van der Waals surface area contributed by atoms with Crippen molar-refractivity contribution in [3.8, 4) is 0 Å². The summed E-state index contributed by atoms with van der Waals surface area (Å²) in [6.07, 6.45) is -4.51. The van der Waals surface area contributed by atoms with Crippen LogP contribution in [0.4, 0.5) is 13.2 Å². The smallest absolute Gasteiger partial charge is 0.370 e. The molecule has 0 saturated carbocycles. The highest BCUT2D eigenvalue weighted by Gasteiger charge is 2.27. The second-order valence-electron chi connectivity index (χ2n) is 5.32. The van der Waals surface area contributed by atoms with Crippen LogP contribution in [0.5, 0.6) is 0 Å². The molecule has 0 aliphatic heterocycles. The van der Waals surface area contributed by atoms with E-state index in [1.165, 1.54) is 6.92 Å². The molecule has 2 N–H and O–H groups in total. The monoisotopic (exact) mass is 343 g/mol. The van der Waals surface area contributed by atoms with Crippen LogP contribution in [0.2, 0.25) is 0 Å². The molecule has 0 aliphatic rings. The Kier molecular flexibility index (Phi) is 5.55. The number of carbonyl (C=O) groups is 1. The van der Waals surface area contributed by atoms with Gasteiger partial charge in [-0.05, 0) is 13.0 Å². The van der Waals surface area contributed by atoms with Gasteiger partial charge in [0.2, 0.25) is 5.91 Å². The molecule has 6 nitrogen and oxygen atoms in total. The molecule has 1 amide bonds. The Morgan fingerprint density at radius 1 is 1.33 bits per heavy atom. The average molecular weight is 343 g/mol. The number of ether oxygens (including phenoxy) is 1. The van der Waals surface area contributed by atoms with Gasteiger partial charge < -0.3 is 10.1 Å². The highest BCUT2D eigenvalue weighted by Crippen LogP contribution is 2.15. The van der Waals surface area contributed by atoms with Crippen molar-refractivity contribution in [3.05, 3.63) is 40.3 Å². The number of carbonyl (C=O) groups excluding carboxylic acids is 1. The van der Waals surface area contributed by atoms with Crippen molar-refractivity contribution in [1.82, 2.24) is 15.5 Å². The predicted octanol–water partition coefficient (Wildman–Crippen LogP) is 1.55. The lowest BCUT2D eigenvalue weighted by Crippen LogP contribution is -2.38. The van der Waals surface area contributed by atoms with Crippen molar-refractivity contribution in [3.63, 3.8) is 0 Å². The minimum absolute atomic E-state index is 0.110. The second-order valence-corrected chi connectivity index (χ2v) is 5.32. The quantitative estimate of drug-likeness (QED) is 0.833. The van der Waals surface area contributed by atoms with Crippen molar-refractivity contribution in [2.24, 2.45) is 0 Å². The van der Waals surface area contributed by atoms with Crippen LogP contribution in [0.1, 0.15) is 12.6 Å². The minimum atomic E-state index is -4.40. The lowest BCUT2D eigenvalue weighted by Gasteiger charge is -2.15. The third-order valence-corrected chi connectivity index (χ3v) is 3.14. The van der Waals surface area contributed by atoms with Crippen LogP contribution in [-0.4, -0.2) is 41.5 Å². The number of H-pyrrole nitrogens is 1. The van der Waals surface area contributed by atoms with Crippen molar-refractivity contribution in [2.45, 2.75) is 25.6 Å². The maximum Gasteiger partial charge on any atom is 0.411 e. The van der Waals surface area contributed by atoms with Crippen molar-refractivity contribution >= 4 is 16.7 Å². The van der Waals surface area contributed by atoms with Crippen LogP contribution in [-0.2, 0) is 16.0 Å². The maximum atomic E-state index is 12.0. The molecule has 0 saturated heterocycles. The Hall–Kier alpha value is -2.42. The van der Waals surface area contributed by atoms with E-state index in [4.69, 9.17) is 0 Å². The number of hydrogen-bond donors (Lipinski definition) is 2. The Morgan fingerprint density at radius 2 is 2.00 bits per heavy atom. The predicted molar refractivity (Wildman–Crippen MR) is 80.5 cm³/mol. The molecule has 0 radical (unpaired) electrons. The van der Waals surface area contributed by atoms with Crippen LogP contribution in [0, 0.1) is 0 Å². The molecule has 130 valence electrons. The number of amides is 1. The van der Waals surface area contributed by atoms with Gasteiger partial charge in [-0.2, -0.15) is 18.3 Å². The maximum absolute atomic E-state index is 12.0. The summed E-state index contributed by atoms with van der Waals surface area (Å²) in [5, 5.41) is 9.68. The molecule has 1 atom stereocenters. The SMILES string of the molecule is C[C@@H](COCC(F)(F)F)NC(=O)Cc1n[nH]c(=O)c2ccccc12. The normalized spacial score (nSPS) is 13.0. The number of rotatable bonds is 6. The molecule has 24 heavy (non-hydrogen) atoms. The molecule has 9 heteroatoms. The van der Waals surface area contributed by atoms with Gasteiger partial charge in [0.1, 0.15) is 6.61 Å². The van der Waals surface area contributed by atoms with Gasteiger partial charge in [-0.15, -0.1) is 0 Å². The average Bonchev–Trinajstić information content (AvgIpc) is 2.49. The molecular weight excluding hydrogens is 327 g/mol. The molecule has 1 heterocycles. The van der Waals surface area contributed by atoms with Crippen LogP contribution in [0.3, 0.4) is 0 Å². The summed E-state index contributed by atoms with van der Waals surface area (Å²) >= 11 is 0. The number of nitrogens with zero attached hydrogens (tertiary/aromatic N) is 1. The summed E-state index contributed by atoms with van der Waals surface area (Å²) < 4.78 is 40.5. The number of fused-ring (bicyclic) bond motifs is 1. The molecule has 1 aromatic carbocycles. The minimum Gasteiger partial charge on any atom is -0.370 e. The van der Waals surface area contributed by atoms with E-state index in [9.17, 15) is 22.8 Å². The van der Waals surface area contributed by atoms with E-state index >= 15 is 0 Å². The highest BCUT2D eigenvalue weighted by molar-refractivity contribution is 5.88. The first-order valence-electron chi connectivity index (χ1n) is 7.16. The zero-order valence-corrected chi connectivity index (χ0v) is 12.8. The first-order chi connectivity index (χ1) is 11.3. The first kappa shape index (κ1) is 17.9.